The Kier molecular flexibility index (Phi) is 3.34. The lowest BCUT2D eigenvalue weighted by atomic mass is 10.4. The van der Waals surface area contributed by atoms with Crippen molar-refractivity contribution in [3.05, 3.63) is 47.7 Å². The van der Waals surface area contributed by atoms with E-state index in [0.717, 1.165) is 0 Å². The monoisotopic (exact) mass is 238 g/mol. The van der Waals surface area contributed by atoms with Crippen LogP contribution in [-0.4, -0.2) is 9.78 Å². The molecule has 78 valence electrons. The van der Waals surface area contributed by atoms with Crippen LogP contribution in [0.3, 0.4) is 0 Å². The van der Waals surface area contributed by atoms with Gasteiger partial charge in [-0.05, 0) is 19.1 Å². The second kappa shape index (κ2) is 4.73. The predicted molar refractivity (Wildman–Crippen MR) is 64.2 cm³/mol. The fourth-order valence-corrected chi connectivity index (χ4v) is 2.34. The first-order valence-electron chi connectivity index (χ1n) is 4.67. The summed E-state index contributed by atoms with van der Waals surface area (Å²) in [4.78, 5) is 1.23. The standard InChI is InChI=1S/C11H11ClN2S/c1-9(14-8-10(12)7-13-14)15-11-5-3-2-4-6-11/h2-9H,1H3. The topological polar surface area (TPSA) is 17.8 Å². The molecule has 0 bridgehead atoms. The van der Waals surface area contributed by atoms with Crippen molar-refractivity contribution in [1.82, 2.24) is 9.78 Å². The Hall–Kier alpha value is -0.930. The van der Waals surface area contributed by atoms with E-state index in [1.54, 1.807) is 18.0 Å². The van der Waals surface area contributed by atoms with Gasteiger partial charge in [0.15, 0.2) is 0 Å². The molecule has 1 aromatic heterocycles. The molecule has 0 saturated carbocycles. The fourth-order valence-electron chi connectivity index (χ4n) is 1.26. The fraction of sp³-hybridized carbons (Fsp3) is 0.182. The van der Waals surface area contributed by atoms with Gasteiger partial charge in [-0.25, -0.2) is 0 Å². The lowest BCUT2D eigenvalue weighted by Crippen LogP contribution is -2.00. The van der Waals surface area contributed by atoms with Crippen molar-refractivity contribution in [3.63, 3.8) is 0 Å². The first-order chi connectivity index (χ1) is 7.25. The number of rotatable bonds is 3. The molecule has 0 fully saturated rings. The highest BCUT2D eigenvalue weighted by atomic mass is 35.5. The zero-order valence-electron chi connectivity index (χ0n) is 8.30. The molecule has 1 unspecified atom stereocenters. The highest BCUT2D eigenvalue weighted by molar-refractivity contribution is 7.99. The van der Waals surface area contributed by atoms with E-state index < -0.39 is 0 Å². The molecule has 0 spiro atoms. The first kappa shape index (κ1) is 10.6. The Bertz CT molecular complexity index is 427. The summed E-state index contributed by atoms with van der Waals surface area (Å²) in [5.41, 5.74) is 0. The number of aromatic nitrogens is 2. The SMILES string of the molecule is CC(Sc1ccccc1)n1cc(Cl)cn1. The minimum Gasteiger partial charge on any atom is -0.258 e. The zero-order valence-corrected chi connectivity index (χ0v) is 9.87. The summed E-state index contributed by atoms with van der Waals surface area (Å²) in [7, 11) is 0. The molecular formula is C11H11ClN2S. The van der Waals surface area contributed by atoms with Gasteiger partial charge in [-0.3, -0.25) is 4.68 Å². The Labute approximate surface area is 98.3 Å². The molecule has 2 rings (SSSR count). The molecule has 0 aliphatic heterocycles. The minimum atomic E-state index is 0.250. The second-order valence-corrected chi connectivity index (χ2v) is 4.99. The van der Waals surface area contributed by atoms with Gasteiger partial charge >= 0.3 is 0 Å². The maximum Gasteiger partial charge on any atom is 0.0989 e. The van der Waals surface area contributed by atoms with Crippen LogP contribution in [0.1, 0.15) is 12.3 Å². The Balaban J connectivity index is 2.07. The summed E-state index contributed by atoms with van der Waals surface area (Å²) in [6.07, 6.45) is 3.49. The third-order valence-corrected chi connectivity index (χ3v) is 3.29. The maximum atomic E-state index is 5.81. The quantitative estimate of drug-likeness (QED) is 0.756. The summed E-state index contributed by atoms with van der Waals surface area (Å²) in [6, 6.07) is 10.3. The number of benzene rings is 1. The van der Waals surface area contributed by atoms with E-state index in [-0.39, 0.29) is 5.37 Å². The molecule has 2 aromatic rings. The van der Waals surface area contributed by atoms with Gasteiger partial charge in [0.05, 0.1) is 16.6 Å². The summed E-state index contributed by atoms with van der Waals surface area (Å²) < 4.78 is 1.86. The van der Waals surface area contributed by atoms with Gasteiger partial charge in [0.2, 0.25) is 0 Å². The van der Waals surface area contributed by atoms with Crippen molar-refractivity contribution in [2.75, 3.05) is 0 Å². The molecule has 1 heterocycles. The molecule has 1 aromatic carbocycles. The van der Waals surface area contributed by atoms with Gasteiger partial charge in [0.1, 0.15) is 0 Å². The van der Waals surface area contributed by atoms with Crippen molar-refractivity contribution in [3.8, 4) is 0 Å². The van der Waals surface area contributed by atoms with Gasteiger partial charge in [0, 0.05) is 11.1 Å². The van der Waals surface area contributed by atoms with Crippen LogP contribution in [0.4, 0.5) is 0 Å². The molecule has 15 heavy (non-hydrogen) atoms. The molecule has 1 atom stereocenters. The predicted octanol–water partition coefficient (Wildman–Crippen LogP) is 3.85. The van der Waals surface area contributed by atoms with Crippen LogP contribution in [0.2, 0.25) is 5.02 Å². The highest BCUT2D eigenvalue weighted by Gasteiger charge is 2.07. The van der Waals surface area contributed by atoms with Crippen molar-refractivity contribution < 1.29 is 0 Å². The summed E-state index contributed by atoms with van der Waals surface area (Å²) in [6.45, 7) is 2.10. The summed E-state index contributed by atoms with van der Waals surface area (Å²) in [5, 5.41) is 5.10. The van der Waals surface area contributed by atoms with Crippen LogP contribution in [0.15, 0.2) is 47.6 Å². The van der Waals surface area contributed by atoms with E-state index in [4.69, 9.17) is 11.6 Å². The molecule has 0 N–H and O–H groups in total. The van der Waals surface area contributed by atoms with E-state index in [1.807, 2.05) is 29.1 Å². The molecule has 2 nitrogen and oxygen atoms in total. The summed E-state index contributed by atoms with van der Waals surface area (Å²) in [5.74, 6) is 0. The Morgan fingerprint density at radius 3 is 2.67 bits per heavy atom. The Morgan fingerprint density at radius 1 is 1.33 bits per heavy atom. The molecule has 0 radical (unpaired) electrons. The number of hydrogen-bond donors (Lipinski definition) is 0. The molecule has 0 saturated heterocycles. The van der Waals surface area contributed by atoms with Crippen molar-refractivity contribution >= 4 is 23.4 Å². The van der Waals surface area contributed by atoms with Crippen LogP contribution >= 0.6 is 23.4 Å². The van der Waals surface area contributed by atoms with Crippen molar-refractivity contribution in [2.24, 2.45) is 0 Å². The van der Waals surface area contributed by atoms with Gasteiger partial charge in [-0.15, -0.1) is 0 Å². The number of halogens is 1. The van der Waals surface area contributed by atoms with Crippen LogP contribution in [-0.2, 0) is 0 Å². The van der Waals surface area contributed by atoms with E-state index in [9.17, 15) is 0 Å². The lowest BCUT2D eigenvalue weighted by Gasteiger charge is -2.11. The van der Waals surface area contributed by atoms with E-state index in [2.05, 4.69) is 24.2 Å². The van der Waals surface area contributed by atoms with Crippen LogP contribution in [0.25, 0.3) is 0 Å². The highest BCUT2D eigenvalue weighted by Crippen LogP contribution is 2.30. The van der Waals surface area contributed by atoms with Crippen molar-refractivity contribution in [1.29, 1.82) is 0 Å². The van der Waals surface area contributed by atoms with Crippen LogP contribution in [0.5, 0.6) is 0 Å². The largest absolute Gasteiger partial charge is 0.258 e. The molecule has 0 amide bonds. The van der Waals surface area contributed by atoms with E-state index in [1.165, 1.54) is 4.90 Å². The smallest absolute Gasteiger partial charge is 0.0989 e. The average Bonchev–Trinajstić information content (AvgIpc) is 2.66. The normalized spacial score (nSPS) is 12.7. The minimum absolute atomic E-state index is 0.250. The van der Waals surface area contributed by atoms with E-state index in [0.29, 0.717) is 5.02 Å². The van der Waals surface area contributed by atoms with Gasteiger partial charge in [-0.2, -0.15) is 5.10 Å². The number of hydrogen-bond acceptors (Lipinski definition) is 2. The zero-order chi connectivity index (χ0) is 10.7. The number of thioether (sulfide) groups is 1. The Morgan fingerprint density at radius 2 is 2.07 bits per heavy atom. The third-order valence-electron chi connectivity index (χ3n) is 1.99. The number of nitrogens with zero attached hydrogens (tertiary/aromatic N) is 2. The average molecular weight is 239 g/mol. The first-order valence-corrected chi connectivity index (χ1v) is 5.93. The molecule has 0 aliphatic rings. The van der Waals surface area contributed by atoms with Gasteiger partial charge < -0.3 is 0 Å². The second-order valence-electron chi connectivity index (χ2n) is 3.17. The molecule has 0 aliphatic carbocycles. The lowest BCUT2D eigenvalue weighted by molar-refractivity contribution is 0.642. The van der Waals surface area contributed by atoms with Crippen LogP contribution < -0.4 is 0 Å². The molecule has 4 heteroatoms. The third kappa shape index (κ3) is 2.76. The van der Waals surface area contributed by atoms with Gasteiger partial charge in [-0.1, -0.05) is 41.6 Å². The van der Waals surface area contributed by atoms with Crippen molar-refractivity contribution in [2.45, 2.75) is 17.2 Å². The maximum absolute atomic E-state index is 5.81. The van der Waals surface area contributed by atoms with Crippen LogP contribution in [0, 0.1) is 0 Å². The van der Waals surface area contributed by atoms with Gasteiger partial charge in [0.25, 0.3) is 0 Å². The summed E-state index contributed by atoms with van der Waals surface area (Å²) >= 11 is 7.57. The molecular weight excluding hydrogens is 228 g/mol. The van der Waals surface area contributed by atoms with E-state index >= 15 is 0 Å².